The number of rotatable bonds is 6. The second kappa shape index (κ2) is 8.79. The minimum atomic E-state index is -0.261. The molecule has 0 bridgehead atoms. The molecule has 0 unspecified atom stereocenters. The third kappa shape index (κ3) is 5.34. The van der Waals surface area contributed by atoms with Crippen LogP contribution in [0.5, 0.6) is 5.75 Å². The van der Waals surface area contributed by atoms with Gasteiger partial charge in [-0.1, -0.05) is 43.5 Å². The van der Waals surface area contributed by atoms with E-state index >= 15 is 0 Å². The van der Waals surface area contributed by atoms with Gasteiger partial charge in [0.2, 0.25) is 0 Å². The van der Waals surface area contributed by atoms with E-state index in [-0.39, 0.29) is 12.5 Å². The number of hydrogen-bond donors (Lipinski definition) is 1. The van der Waals surface area contributed by atoms with Gasteiger partial charge in [0.25, 0.3) is 5.91 Å². The van der Waals surface area contributed by atoms with Crippen LogP contribution in [0.3, 0.4) is 0 Å². The SMILES string of the molecule is CCCC1CCC(=NNC(=O)COc2ccccc2Cl)CC1. The first-order valence-corrected chi connectivity index (χ1v) is 8.28. The van der Waals surface area contributed by atoms with Crippen LogP contribution in [0.1, 0.15) is 45.4 Å². The number of ether oxygens (including phenoxy) is 1. The first kappa shape index (κ1) is 16.8. The Labute approximate surface area is 136 Å². The quantitative estimate of drug-likeness (QED) is 0.799. The molecular weight excluding hydrogens is 300 g/mol. The molecule has 1 fully saturated rings. The number of nitrogens with one attached hydrogen (secondary N) is 1. The van der Waals surface area contributed by atoms with Crippen molar-refractivity contribution < 1.29 is 9.53 Å². The first-order chi connectivity index (χ1) is 10.7. The van der Waals surface area contributed by atoms with Gasteiger partial charge in [-0.3, -0.25) is 4.79 Å². The van der Waals surface area contributed by atoms with Crippen molar-refractivity contribution in [3.8, 4) is 5.75 Å². The fraction of sp³-hybridized carbons (Fsp3) is 0.529. The molecule has 1 amide bonds. The Hall–Kier alpha value is -1.55. The van der Waals surface area contributed by atoms with Gasteiger partial charge in [-0.2, -0.15) is 5.10 Å². The molecule has 0 aromatic heterocycles. The number of carbonyl (C=O) groups excluding carboxylic acids is 1. The first-order valence-electron chi connectivity index (χ1n) is 7.90. The summed E-state index contributed by atoms with van der Waals surface area (Å²) in [4.78, 5) is 11.8. The van der Waals surface area contributed by atoms with Crippen LogP contribution in [0.4, 0.5) is 0 Å². The van der Waals surface area contributed by atoms with Crippen LogP contribution in [0.15, 0.2) is 29.4 Å². The van der Waals surface area contributed by atoms with E-state index in [0.717, 1.165) is 24.5 Å². The standard InChI is InChI=1S/C17H23ClN2O2/c1-2-5-13-8-10-14(11-9-13)19-20-17(21)12-22-16-7-4-3-6-15(16)18/h3-4,6-7,13H,2,5,8-12H2,1H3,(H,20,21). The fourth-order valence-corrected chi connectivity index (χ4v) is 2.89. The highest BCUT2D eigenvalue weighted by atomic mass is 35.5. The lowest BCUT2D eigenvalue weighted by atomic mass is 9.85. The van der Waals surface area contributed by atoms with E-state index in [1.807, 2.05) is 12.1 Å². The lowest BCUT2D eigenvalue weighted by Crippen LogP contribution is -2.27. The Morgan fingerprint density at radius 2 is 2.09 bits per heavy atom. The number of hydrogen-bond acceptors (Lipinski definition) is 3. The number of para-hydroxylation sites is 1. The summed E-state index contributed by atoms with van der Waals surface area (Å²) in [6, 6.07) is 7.09. The fourth-order valence-electron chi connectivity index (χ4n) is 2.70. The van der Waals surface area contributed by atoms with E-state index in [1.54, 1.807) is 12.1 Å². The monoisotopic (exact) mass is 322 g/mol. The predicted octanol–water partition coefficient (Wildman–Crippen LogP) is 4.18. The molecule has 120 valence electrons. The third-order valence-electron chi connectivity index (χ3n) is 3.91. The van der Waals surface area contributed by atoms with Gasteiger partial charge in [-0.05, 0) is 43.7 Å². The zero-order chi connectivity index (χ0) is 15.8. The molecule has 5 heteroatoms. The molecular formula is C17H23ClN2O2. The zero-order valence-corrected chi connectivity index (χ0v) is 13.7. The van der Waals surface area contributed by atoms with E-state index < -0.39 is 0 Å². The van der Waals surface area contributed by atoms with Gasteiger partial charge in [0.05, 0.1) is 5.02 Å². The van der Waals surface area contributed by atoms with Crippen molar-refractivity contribution in [1.29, 1.82) is 0 Å². The number of halogens is 1. The molecule has 22 heavy (non-hydrogen) atoms. The van der Waals surface area contributed by atoms with E-state index in [1.165, 1.54) is 25.7 Å². The molecule has 1 N–H and O–H groups in total. The summed E-state index contributed by atoms with van der Waals surface area (Å²) in [5.41, 5.74) is 3.65. The highest BCUT2D eigenvalue weighted by Crippen LogP contribution is 2.26. The van der Waals surface area contributed by atoms with Gasteiger partial charge >= 0.3 is 0 Å². The number of benzene rings is 1. The van der Waals surface area contributed by atoms with Gasteiger partial charge in [0.1, 0.15) is 5.75 Å². The lowest BCUT2D eigenvalue weighted by Gasteiger charge is -2.22. The average molecular weight is 323 g/mol. The Kier molecular flexibility index (Phi) is 6.72. The second-order valence-corrected chi connectivity index (χ2v) is 6.07. The maximum atomic E-state index is 11.8. The molecule has 0 saturated heterocycles. The van der Waals surface area contributed by atoms with Crippen LogP contribution >= 0.6 is 11.6 Å². The van der Waals surface area contributed by atoms with Gasteiger partial charge in [-0.15, -0.1) is 0 Å². The van der Waals surface area contributed by atoms with E-state index in [4.69, 9.17) is 16.3 Å². The summed E-state index contributed by atoms with van der Waals surface area (Å²) in [6.45, 7) is 2.14. The normalized spacial score (nSPS) is 17.9. The maximum absolute atomic E-state index is 11.8. The summed E-state index contributed by atoms with van der Waals surface area (Å²) >= 11 is 5.96. The summed E-state index contributed by atoms with van der Waals surface area (Å²) in [5.74, 6) is 1.07. The van der Waals surface area contributed by atoms with Gasteiger partial charge in [0.15, 0.2) is 6.61 Å². The van der Waals surface area contributed by atoms with Gasteiger partial charge < -0.3 is 4.74 Å². The Balaban J connectivity index is 1.72. The van der Waals surface area contributed by atoms with Crippen molar-refractivity contribution >= 4 is 23.2 Å². The number of hydrazone groups is 1. The van der Waals surface area contributed by atoms with Crippen LogP contribution < -0.4 is 10.2 Å². The molecule has 1 aliphatic rings. The highest BCUT2D eigenvalue weighted by Gasteiger charge is 2.17. The number of amides is 1. The molecule has 0 spiro atoms. The van der Waals surface area contributed by atoms with Crippen LogP contribution in [0, 0.1) is 5.92 Å². The molecule has 0 radical (unpaired) electrons. The molecule has 1 saturated carbocycles. The topological polar surface area (TPSA) is 50.7 Å². The minimum Gasteiger partial charge on any atom is -0.482 e. The largest absolute Gasteiger partial charge is 0.482 e. The highest BCUT2D eigenvalue weighted by molar-refractivity contribution is 6.32. The van der Waals surface area contributed by atoms with Crippen molar-refractivity contribution in [3.05, 3.63) is 29.3 Å². The van der Waals surface area contributed by atoms with E-state index in [9.17, 15) is 4.79 Å². The van der Waals surface area contributed by atoms with E-state index in [2.05, 4.69) is 17.5 Å². The van der Waals surface area contributed by atoms with Gasteiger partial charge in [-0.25, -0.2) is 5.43 Å². The van der Waals surface area contributed by atoms with Crippen molar-refractivity contribution in [1.82, 2.24) is 5.43 Å². The molecule has 1 aliphatic carbocycles. The lowest BCUT2D eigenvalue weighted by molar-refractivity contribution is -0.123. The summed E-state index contributed by atoms with van der Waals surface area (Å²) in [7, 11) is 0. The van der Waals surface area contributed by atoms with Crippen LogP contribution in [0.25, 0.3) is 0 Å². The van der Waals surface area contributed by atoms with Crippen LogP contribution in [-0.2, 0) is 4.79 Å². The Bertz CT molecular complexity index is 521. The average Bonchev–Trinajstić information content (AvgIpc) is 2.54. The van der Waals surface area contributed by atoms with Crippen molar-refractivity contribution in [2.24, 2.45) is 11.0 Å². The Morgan fingerprint density at radius 3 is 2.77 bits per heavy atom. The summed E-state index contributed by atoms with van der Waals surface area (Å²) < 4.78 is 5.37. The second-order valence-electron chi connectivity index (χ2n) is 5.66. The minimum absolute atomic E-state index is 0.0844. The van der Waals surface area contributed by atoms with Gasteiger partial charge in [0, 0.05) is 5.71 Å². The Morgan fingerprint density at radius 1 is 1.36 bits per heavy atom. The number of carbonyl (C=O) groups is 1. The molecule has 0 heterocycles. The molecule has 0 aliphatic heterocycles. The zero-order valence-electron chi connectivity index (χ0n) is 13.0. The molecule has 2 rings (SSSR count). The maximum Gasteiger partial charge on any atom is 0.277 e. The molecule has 1 aromatic carbocycles. The van der Waals surface area contributed by atoms with Crippen molar-refractivity contribution in [3.63, 3.8) is 0 Å². The molecule has 1 aromatic rings. The number of nitrogens with zero attached hydrogens (tertiary/aromatic N) is 1. The molecule has 0 atom stereocenters. The molecule has 4 nitrogen and oxygen atoms in total. The van der Waals surface area contributed by atoms with Crippen LogP contribution in [-0.4, -0.2) is 18.2 Å². The van der Waals surface area contributed by atoms with Crippen LogP contribution in [0.2, 0.25) is 5.02 Å². The third-order valence-corrected chi connectivity index (χ3v) is 4.23. The van der Waals surface area contributed by atoms with Crippen molar-refractivity contribution in [2.45, 2.75) is 45.4 Å². The summed E-state index contributed by atoms with van der Waals surface area (Å²) in [6.07, 6.45) is 6.86. The summed E-state index contributed by atoms with van der Waals surface area (Å²) in [5, 5.41) is 4.71. The van der Waals surface area contributed by atoms with Crippen molar-refractivity contribution in [2.75, 3.05) is 6.61 Å². The smallest absolute Gasteiger partial charge is 0.277 e. The van der Waals surface area contributed by atoms with E-state index in [0.29, 0.717) is 10.8 Å². The predicted molar refractivity (Wildman–Crippen MR) is 89.4 cm³/mol.